The number of amides is 1. The zero-order valence-corrected chi connectivity index (χ0v) is 17.8. The number of para-hydroxylation sites is 1. The van der Waals surface area contributed by atoms with E-state index in [-0.39, 0.29) is 0 Å². The minimum atomic E-state index is 0.329. The second kappa shape index (κ2) is 8.27. The maximum atomic E-state index is 12.9. The SMILES string of the molecule is CCn1cc(CN2C[C@H]3CCCC(=O)N(Cc4ccccc4)[C@H]3C2)c2ccccc21. The number of carbonyl (C=O) groups excluding carboxylic acids is 1. The van der Waals surface area contributed by atoms with Gasteiger partial charge in [0.15, 0.2) is 0 Å². The Hall–Kier alpha value is -2.59. The van der Waals surface area contributed by atoms with Crippen LogP contribution in [0.5, 0.6) is 0 Å². The number of rotatable bonds is 5. The molecule has 30 heavy (non-hydrogen) atoms. The highest BCUT2D eigenvalue weighted by molar-refractivity contribution is 5.84. The van der Waals surface area contributed by atoms with E-state index in [2.05, 4.69) is 76.0 Å². The second-order valence-electron chi connectivity index (χ2n) is 8.88. The Morgan fingerprint density at radius 3 is 2.60 bits per heavy atom. The summed E-state index contributed by atoms with van der Waals surface area (Å²) < 4.78 is 2.35. The molecule has 2 aromatic carbocycles. The van der Waals surface area contributed by atoms with Crippen molar-refractivity contribution in [3.05, 3.63) is 71.9 Å². The van der Waals surface area contributed by atoms with Gasteiger partial charge in [-0.15, -0.1) is 0 Å². The number of carbonyl (C=O) groups is 1. The molecule has 1 amide bonds. The van der Waals surface area contributed by atoms with E-state index in [1.807, 2.05) is 6.07 Å². The maximum Gasteiger partial charge on any atom is 0.223 e. The highest BCUT2D eigenvalue weighted by atomic mass is 16.2. The van der Waals surface area contributed by atoms with Gasteiger partial charge in [-0.3, -0.25) is 9.69 Å². The third-order valence-corrected chi connectivity index (χ3v) is 6.97. The molecule has 156 valence electrons. The van der Waals surface area contributed by atoms with Crippen LogP contribution < -0.4 is 0 Å². The summed E-state index contributed by atoms with van der Waals surface area (Å²) in [7, 11) is 0. The summed E-state index contributed by atoms with van der Waals surface area (Å²) >= 11 is 0. The van der Waals surface area contributed by atoms with Crippen molar-refractivity contribution in [2.45, 2.75) is 51.9 Å². The molecule has 5 rings (SSSR count). The Bertz CT molecular complexity index is 1030. The Morgan fingerprint density at radius 2 is 1.77 bits per heavy atom. The van der Waals surface area contributed by atoms with Gasteiger partial charge in [0, 0.05) is 62.3 Å². The lowest BCUT2D eigenvalue weighted by molar-refractivity contribution is -0.133. The molecular formula is C26H31N3O. The smallest absolute Gasteiger partial charge is 0.223 e. The maximum absolute atomic E-state index is 12.9. The topological polar surface area (TPSA) is 28.5 Å². The Kier molecular flexibility index (Phi) is 5.34. The molecule has 0 N–H and O–H groups in total. The second-order valence-corrected chi connectivity index (χ2v) is 8.88. The molecule has 1 aromatic heterocycles. The van der Waals surface area contributed by atoms with Crippen molar-refractivity contribution in [1.29, 1.82) is 0 Å². The lowest BCUT2D eigenvalue weighted by Crippen LogP contribution is -2.42. The molecule has 0 saturated carbocycles. The first-order valence-corrected chi connectivity index (χ1v) is 11.4. The van der Waals surface area contributed by atoms with Crippen LogP contribution in [0.3, 0.4) is 0 Å². The van der Waals surface area contributed by atoms with E-state index in [4.69, 9.17) is 0 Å². The Balaban J connectivity index is 1.37. The number of hydrogen-bond donors (Lipinski definition) is 0. The summed E-state index contributed by atoms with van der Waals surface area (Å²) in [6, 6.07) is 19.5. The van der Waals surface area contributed by atoms with Crippen molar-refractivity contribution in [2.24, 2.45) is 5.92 Å². The minimum Gasteiger partial charge on any atom is -0.347 e. The molecular weight excluding hydrogens is 370 g/mol. The molecule has 2 aliphatic heterocycles. The first-order chi connectivity index (χ1) is 14.7. The van der Waals surface area contributed by atoms with Crippen LogP contribution in [0.1, 0.15) is 37.3 Å². The van der Waals surface area contributed by atoms with E-state index in [9.17, 15) is 4.79 Å². The molecule has 3 aromatic rings. The highest BCUT2D eigenvalue weighted by Gasteiger charge is 2.40. The van der Waals surface area contributed by atoms with Crippen LogP contribution in [0.15, 0.2) is 60.8 Å². The largest absolute Gasteiger partial charge is 0.347 e. The van der Waals surface area contributed by atoms with E-state index >= 15 is 0 Å². The van der Waals surface area contributed by atoms with Gasteiger partial charge in [0.1, 0.15) is 0 Å². The third-order valence-electron chi connectivity index (χ3n) is 6.97. The fourth-order valence-corrected chi connectivity index (χ4v) is 5.49. The zero-order valence-electron chi connectivity index (χ0n) is 17.8. The molecule has 2 atom stereocenters. The molecule has 4 heteroatoms. The zero-order chi connectivity index (χ0) is 20.5. The van der Waals surface area contributed by atoms with Crippen molar-refractivity contribution in [3.8, 4) is 0 Å². The van der Waals surface area contributed by atoms with Gasteiger partial charge in [0.25, 0.3) is 0 Å². The predicted molar refractivity (Wildman–Crippen MR) is 121 cm³/mol. The molecule has 0 spiro atoms. The fraction of sp³-hybridized carbons (Fsp3) is 0.423. The van der Waals surface area contributed by atoms with Crippen LogP contribution in [-0.2, 0) is 24.4 Å². The van der Waals surface area contributed by atoms with Gasteiger partial charge in [-0.25, -0.2) is 0 Å². The summed E-state index contributed by atoms with van der Waals surface area (Å²) in [5.74, 6) is 0.912. The lowest BCUT2D eigenvalue weighted by atomic mass is 9.98. The highest BCUT2D eigenvalue weighted by Crippen LogP contribution is 2.33. The molecule has 2 fully saturated rings. The van der Waals surface area contributed by atoms with Gasteiger partial charge in [-0.1, -0.05) is 48.5 Å². The third kappa shape index (κ3) is 3.65. The molecule has 0 unspecified atom stereocenters. The first kappa shape index (κ1) is 19.4. The molecule has 0 aliphatic carbocycles. The van der Waals surface area contributed by atoms with Gasteiger partial charge in [-0.2, -0.15) is 0 Å². The standard InChI is InChI=1S/C26H31N3O/c1-2-28-18-22(23-12-6-7-13-24(23)28)17-27-16-21-11-8-14-26(30)29(25(21)19-27)15-20-9-4-3-5-10-20/h3-7,9-10,12-13,18,21,25H,2,8,11,14-17,19H2,1H3/t21-,25+/m1/s1. The van der Waals surface area contributed by atoms with Crippen molar-refractivity contribution < 1.29 is 4.79 Å². The van der Waals surface area contributed by atoms with E-state index in [1.165, 1.54) is 22.0 Å². The van der Waals surface area contributed by atoms with E-state index in [1.54, 1.807) is 0 Å². The van der Waals surface area contributed by atoms with Crippen molar-refractivity contribution in [2.75, 3.05) is 13.1 Å². The number of aromatic nitrogens is 1. The monoisotopic (exact) mass is 401 g/mol. The van der Waals surface area contributed by atoms with Crippen LogP contribution >= 0.6 is 0 Å². The molecule has 3 heterocycles. The summed E-state index contributed by atoms with van der Waals surface area (Å²) in [5, 5.41) is 1.36. The predicted octanol–water partition coefficient (Wildman–Crippen LogP) is 4.67. The number of likely N-dealkylation sites (tertiary alicyclic amines) is 2. The number of hydrogen-bond acceptors (Lipinski definition) is 2. The van der Waals surface area contributed by atoms with Crippen molar-refractivity contribution >= 4 is 16.8 Å². The molecule has 2 saturated heterocycles. The van der Waals surface area contributed by atoms with Crippen molar-refractivity contribution in [3.63, 3.8) is 0 Å². The van der Waals surface area contributed by atoms with E-state index in [0.717, 1.165) is 45.6 Å². The van der Waals surface area contributed by atoms with Gasteiger partial charge in [0.2, 0.25) is 5.91 Å². The van der Waals surface area contributed by atoms with Crippen LogP contribution in [0.25, 0.3) is 10.9 Å². The number of fused-ring (bicyclic) bond motifs is 2. The van der Waals surface area contributed by atoms with Gasteiger partial charge in [0.05, 0.1) is 0 Å². The van der Waals surface area contributed by atoms with Crippen LogP contribution in [0.2, 0.25) is 0 Å². The normalized spacial score (nSPS) is 22.4. The number of nitrogens with zero attached hydrogens (tertiary/aromatic N) is 3. The fourth-order valence-electron chi connectivity index (χ4n) is 5.49. The van der Waals surface area contributed by atoms with Crippen molar-refractivity contribution in [1.82, 2.24) is 14.4 Å². The van der Waals surface area contributed by atoms with Gasteiger partial charge >= 0.3 is 0 Å². The van der Waals surface area contributed by atoms with E-state index in [0.29, 0.717) is 24.3 Å². The quantitative estimate of drug-likeness (QED) is 0.621. The number of aryl methyl sites for hydroxylation is 1. The summed E-state index contributed by atoms with van der Waals surface area (Å²) in [5.41, 5.74) is 3.96. The average molecular weight is 402 g/mol. The van der Waals surface area contributed by atoms with Crippen LogP contribution in [0, 0.1) is 5.92 Å². The molecule has 4 nitrogen and oxygen atoms in total. The summed E-state index contributed by atoms with van der Waals surface area (Å²) in [6.07, 6.45) is 5.21. The molecule has 2 aliphatic rings. The first-order valence-electron chi connectivity index (χ1n) is 11.4. The van der Waals surface area contributed by atoms with Gasteiger partial charge in [-0.05, 0) is 42.9 Å². The summed E-state index contributed by atoms with van der Waals surface area (Å²) in [4.78, 5) is 17.7. The molecule has 0 bridgehead atoms. The minimum absolute atomic E-state index is 0.329. The van der Waals surface area contributed by atoms with Crippen LogP contribution in [-0.4, -0.2) is 39.4 Å². The molecule has 0 radical (unpaired) electrons. The van der Waals surface area contributed by atoms with Gasteiger partial charge < -0.3 is 9.47 Å². The Morgan fingerprint density at radius 1 is 0.967 bits per heavy atom. The average Bonchev–Trinajstić information content (AvgIpc) is 3.30. The Labute approximate surface area is 179 Å². The number of benzene rings is 2. The summed E-state index contributed by atoms with van der Waals surface area (Å²) in [6.45, 7) is 6.98. The van der Waals surface area contributed by atoms with Crippen LogP contribution in [0.4, 0.5) is 0 Å². The van der Waals surface area contributed by atoms with E-state index < -0.39 is 0 Å². The lowest BCUT2D eigenvalue weighted by Gasteiger charge is -2.30.